The molecule has 0 saturated heterocycles. The van der Waals surface area contributed by atoms with E-state index < -0.39 is 11.7 Å². The molecule has 170 valence electrons. The highest BCUT2D eigenvalue weighted by Gasteiger charge is 2.39. The number of hydrogen-bond acceptors (Lipinski definition) is 5. The van der Waals surface area contributed by atoms with Crippen LogP contribution in [0, 0.1) is 0 Å². The van der Waals surface area contributed by atoms with Crippen molar-refractivity contribution in [2.45, 2.75) is 32.1 Å². The van der Waals surface area contributed by atoms with Crippen LogP contribution >= 0.6 is 0 Å². The molecule has 4 rings (SSSR count). The van der Waals surface area contributed by atoms with E-state index in [0.717, 1.165) is 0 Å². The number of carbonyl (C=O) groups excluding carboxylic acids is 1. The number of nitrogens with one attached hydrogen (secondary N) is 1. The van der Waals surface area contributed by atoms with E-state index in [-0.39, 0.29) is 18.2 Å². The molecule has 7 nitrogen and oxygen atoms in total. The van der Waals surface area contributed by atoms with Crippen LogP contribution < -0.4 is 5.32 Å². The van der Waals surface area contributed by atoms with Gasteiger partial charge < -0.3 is 25.2 Å². The molecule has 1 amide bonds. The lowest BCUT2D eigenvalue weighted by Crippen LogP contribution is -2.32. The number of imidazole rings is 1. The van der Waals surface area contributed by atoms with E-state index in [2.05, 4.69) is 5.32 Å². The van der Waals surface area contributed by atoms with Gasteiger partial charge in [-0.3, -0.25) is 4.79 Å². The number of rotatable bonds is 7. The maximum atomic E-state index is 12.5. The monoisotopic (exact) mass is 445 g/mol. The fourth-order valence-electron chi connectivity index (χ4n) is 4.04. The molecule has 0 aliphatic heterocycles. The van der Waals surface area contributed by atoms with Crippen molar-refractivity contribution in [1.82, 2.24) is 14.9 Å². The van der Waals surface area contributed by atoms with Crippen LogP contribution in [0.5, 0.6) is 5.75 Å². The van der Waals surface area contributed by atoms with Crippen molar-refractivity contribution in [2.75, 3.05) is 6.54 Å². The first kappa shape index (κ1) is 22.5. The number of aliphatic hydroxyl groups is 2. The minimum atomic E-state index is -1.64. The smallest absolute Gasteiger partial charge is 0.251 e. The third-order valence-electron chi connectivity index (χ3n) is 5.66. The molecule has 33 heavy (non-hydrogen) atoms. The van der Waals surface area contributed by atoms with Crippen molar-refractivity contribution < 1.29 is 20.1 Å². The highest BCUT2D eigenvalue weighted by molar-refractivity contribution is 5.97. The van der Waals surface area contributed by atoms with E-state index in [1.54, 1.807) is 43.3 Å². The van der Waals surface area contributed by atoms with E-state index in [4.69, 9.17) is 4.98 Å². The highest BCUT2D eigenvalue weighted by Crippen LogP contribution is 2.38. The number of phenols is 1. The van der Waals surface area contributed by atoms with Crippen molar-refractivity contribution in [3.63, 3.8) is 0 Å². The molecule has 2 atom stereocenters. The molecule has 0 bridgehead atoms. The Labute approximate surface area is 192 Å². The Hall–Kier alpha value is -3.68. The molecule has 4 N–H and O–H groups in total. The number of nitrogens with zero attached hydrogens (tertiary/aromatic N) is 2. The number of hydrogen-bond donors (Lipinski definition) is 4. The molecule has 4 aromatic rings. The first-order valence-electron chi connectivity index (χ1n) is 10.9. The van der Waals surface area contributed by atoms with Crippen LogP contribution in [-0.4, -0.2) is 43.4 Å². The van der Waals surface area contributed by atoms with Crippen molar-refractivity contribution in [2.24, 2.45) is 0 Å². The van der Waals surface area contributed by atoms with E-state index in [9.17, 15) is 20.1 Å². The molecular formula is C26H27N3O4. The van der Waals surface area contributed by atoms with Gasteiger partial charge in [-0.05, 0) is 55.3 Å². The minimum absolute atomic E-state index is 0.0399. The largest absolute Gasteiger partial charge is 0.508 e. The lowest BCUT2D eigenvalue weighted by atomic mass is 9.85. The van der Waals surface area contributed by atoms with Crippen LogP contribution in [0.4, 0.5) is 0 Å². The summed E-state index contributed by atoms with van der Waals surface area (Å²) >= 11 is 0. The molecule has 0 aliphatic carbocycles. The summed E-state index contributed by atoms with van der Waals surface area (Å²) in [5, 5.41) is 34.5. The van der Waals surface area contributed by atoms with Crippen molar-refractivity contribution in [3.8, 4) is 5.75 Å². The summed E-state index contributed by atoms with van der Waals surface area (Å²) in [6.45, 7) is 4.20. The number of carbonyl (C=O) groups is 1. The van der Waals surface area contributed by atoms with E-state index in [0.29, 0.717) is 40.1 Å². The summed E-state index contributed by atoms with van der Waals surface area (Å²) in [6.07, 6.45) is -0.645. The van der Waals surface area contributed by atoms with Crippen molar-refractivity contribution in [1.29, 1.82) is 0 Å². The zero-order valence-corrected chi connectivity index (χ0v) is 18.6. The molecule has 0 fully saturated rings. The van der Waals surface area contributed by atoms with E-state index in [1.165, 1.54) is 6.07 Å². The first-order chi connectivity index (χ1) is 15.8. The quantitative estimate of drug-likeness (QED) is 0.350. The predicted molar refractivity (Wildman–Crippen MR) is 126 cm³/mol. The fraction of sp³-hybridized carbons (Fsp3) is 0.231. The lowest BCUT2D eigenvalue weighted by Gasteiger charge is -2.29. The average Bonchev–Trinajstić information content (AvgIpc) is 3.20. The molecule has 1 aromatic heterocycles. The van der Waals surface area contributed by atoms with Crippen LogP contribution in [-0.2, 0) is 12.1 Å². The molecule has 7 heteroatoms. The average molecular weight is 446 g/mol. The minimum Gasteiger partial charge on any atom is -0.508 e. The summed E-state index contributed by atoms with van der Waals surface area (Å²) in [4.78, 5) is 17.3. The van der Waals surface area contributed by atoms with Crippen LogP contribution in [0.2, 0.25) is 0 Å². The SMILES string of the molecule is CCn1c(C(O)(c2ccccc2)c2cccc(O)c2)nc2ccc(C(=O)NC[C@@H](C)O)cc21. The second-order valence-electron chi connectivity index (χ2n) is 8.07. The van der Waals surface area contributed by atoms with E-state index >= 15 is 0 Å². The molecule has 3 aromatic carbocycles. The van der Waals surface area contributed by atoms with Gasteiger partial charge in [-0.1, -0.05) is 42.5 Å². The Balaban J connectivity index is 1.91. The molecule has 1 unspecified atom stereocenters. The number of aromatic hydroxyl groups is 1. The first-order valence-corrected chi connectivity index (χ1v) is 10.9. The summed E-state index contributed by atoms with van der Waals surface area (Å²) in [5.41, 5.74) is 1.22. The Morgan fingerprint density at radius 3 is 2.45 bits per heavy atom. The maximum absolute atomic E-state index is 12.5. The fourth-order valence-corrected chi connectivity index (χ4v) is 4.04. The van der Waals surface area contributed by atoms with Gasteiger partial charge in [0.25, 0.3) is 5.91 Å². The molecule has 0 saturated carbocycles. The third kappa shape index (κ3) is 4.20. The number of phenolic OH excluding ortho intramolecular Hbond substituents is 1. The van der Waals surface area contributed by atoms with Crippen molar-refractivity contribution in [3.05, 3.63) is 95.3 Å². The van der Waals surface area contributed by atoms with Crippen molar-refractivity contribution >= 4 is 16.9 Å². The Morgan fingerprint density at radius 1 is 1.06 bits per heavy atom. The summed E-state index contributed by atoms with van der Waals surface area (Å²) in [7, 11) is 0. The van der Waals surface area contributed by atoms with Gasteiger partial charge >= 0.3 is 0 Å². The maximum Gasteiger partial charge on any atom is 0.251 e. The number of benzene rings is 3. The normalized spacial score (nSPS) is 14.1. The highest BCUT2D eigenvalue weighted by atomic mass is 16.3. The second kappa shape index (κ2) is 9.05. The van der Waals surface area contributed by atoms with Gasteiger partial charge in [0.1, 0.15) is 5.75 Å². The van der Waals surface area contributed by atoms with Crippen LogP contribution in [0.1, 0.15) is 41.2 Å². The number of aromatic nitrogens is 2. The Kier molecular flexibility index (Phi) is 6.18. The standard InChI is InChI=1S/C26H27N3O4/c1-3-29-23-14-18(24(32)27-16-17(2)30)12-13-22(23)28-25(29)26(33,19-8-5-4-6-9-19)20-10-7-11-21(31)15-20/h4-15,17,30-31,33H,3,16H2,1-2H3,(H,27,32)/t17-,26?/m1/s1. The van der Waals surface area contributed by atoms with Gasteiger partial charge in [-0.25, -0.2) is 4.98 Å². The Bertz CT molecular complexity index is 1280. The van der Waals surface area contributed by atoms with Gasteiger partial charge in [0.15, 0.2) is 11.4 Å². The molecule has 0 radical (unpaired) electrons. The summed E-state index contributed by atoms with van der Waals surface area (Å²) in [5.74, 6) is 0.130. The van der Waals surface area contributed by atoms with Gasteiger partial charge in [0.05, 0.1) is 17.1 Å². The van der Waals surface area contributed by atoms with Gasteiger partial charge in [0, 0.05) is 18.7 Å². The molecule has 1 heterocycles. The summed E-state index contributed by atoms with van der Waals surface area (Å²) < 4.78 is 1.87. The lowest BCUT2D eigenvalue weighted by molar-refractivity contribution is 0.0924. The van der Waals surface area contributed by atoms with Gasteiger partial charge in [0.2, 0.25) is 0 Å². The second-order valence-corrected chi connectivity index (χ2v) is 8.07. The number of aryl methyl sites for hydroxylation is 1. The van der Waals surface area contributed by atoms with E-state index in [1.807, 2.05) is 41.8 Å². The molecule has 0 aliphatic rings. The van der Waals surface area contributed by atoms with Gasteiger partial charge in [-0.15, -0.1) is 0 Å². The topological polar surface area (TPSA) is 108 Å². The van der Waals surface area contributed by atoms with Gasteiger partial charge in [-0.2, -0.15) is 0 Å². The third-order valence-corrected chi connectivity index (χ3v) is 5.66. The predicted octanol–water partition coefficient (Wildman–Crippen LogP) is 3.16. The van der Waals surface area contributed by atoms with Crippen LogP contribution in [0.15, 0.2) is 72.8 Å². The molecular weight excluding hydrogens is 418 g/mol. The zero-order valence-electron chi connectivity index (χ0n) is 18.6. The number of aliphatic hydroxyl groups excluding tert-OH is 1. The molecule has 0 spiro atoms. The number of amides is 1. The number of fused-ring (bicyclic) bond motifs is 1. The Morgan fingerprint density at radius 2 is 1.79 bits per heavy atom. The van der Waals surface area contributed by atoms with Crippen LogP contribution in [0.25, 0.3) is 11.0 Å². The zero-order chi connectivity index (χ0) is 23.6. The van der Waals surface area contributed by atoms with Crippen LogP contribution in [0.3, 0.4) is 0 Å². The summed E-state index contributed by atoms with van der Waals surface area (Å²) in [6, 6.07) is 20.9.